The van der Waals surface area contributed by atoms with Gasteiger partial charge in [-0.25, -0.2) is 0 Å². The van der Waals surface area contributed by atoms with Gasteiger partial charge in [0.15, 0.2) is 0 Å². The minimum atomic E-state index is -0.357. The summed E-state index contributed by atoms with van der Waals surface area (Å²) in [6.07, 6.45) is 2.80. The quantitative estimate of drug-likeness (QED) is 0.580. The van der Waals surface area contributed by atoms with Crippen LogP contribution in [-0.4, -0.2) is 42.0 Å². The molecule has 0 unspecified atom stereocenters. The van der Waals surface area contributed by atoms with Crippen molar-refractivity contribution in [1.82, 2.24) is 9.88 Å². The van der Waals surface area contributed by atoms with Crippen LogP contribution >= 0.6 is 22.9 Å². The fraction of sp³-hybridized carbons (Fsp3) is 0.250. The number of carbonyl (C=O) groups excluding carboxylic acids is 2. The minimum Gasteiger partial charge on any atom is -0.469 e. The van der Waals surface area contributed by atoms with Crippen molar-refractivity contribution < 1.29 is 19.1 Å². The van der Waals surface area contributed by atoms with Crippen LogP contribution in [0.5, 0.6) is 11.5 Å². The van der Waals surface area contributed by atoms with Crippen molar-refractivity contribution in [1.29, 1.82) is 0 Å². The summed E-state index contributed by atoms with van der Waals surface area (Å²) in [5, 5.41) is 0.424. The van der Waals surface area contributed by atoms with Crippen molar-refractivity contribution in [3.8, 4) is 11.5 Å². The Hall–Kier alpha value is -2.64. The van der Waals surface area contributed by atoms with Crippen LogP contribution in [0, 0.1) is 0 Å². The third-order valence-electron chi connectivity index (χ3n) is 4.54. The summed E-state index contributed by atoms with van der Waals surface area (Å²) in [5.41, 5.74) is 1.39. The molecule has 1 aliphatic heterocycles. The van der Waals surface area contributed by atoms with Crippen LogP contribution in [0.25, 0.3) is 10.2 Å². The fourth-order valence-corrected chi connectivity index (χ4v) is 4.14. The number of likely N-dealkylation sites (tertiary alicyclic amines) is 1. The Morgan fingerprint density at radius 3 is 2.75 bits per heavy atom. The van der Waals surface area contributed by atoms with Gasteiger partial charge < -0.3 is 14.4 Å². The van der Waals surface area contributed by atoms with E-state index >= 15 is 0 Å². The number of halogens is 1. The van der Waals surface area contributed by atoms with Crippen molar-refractivity contribution in [2.24, 2.45) is 0 Å². The largest absolute Gasteiger partial charge is 0.469 e. The van der Waals surface area contributed by atoms with E-state index in [1.807, 2.05) is 4.90 Å². The van der Waals surface area contributed by atoms with Gasteiger partial charge in [0.2, 0.25) is 0 Å². The molecule has 0 aliphatic carbocycles. The molecule has 8 heteroatoms. The molecule has 0 N–H and O–H groups in total. The number of thiophene rings is 1. The molecule has 4 rings (SSSR count). The number of hydrogen-bond donors (Lipinski definition) is 0. The van der Waals surface area contributed by atoms with Gasteiger partial charge in [0.1, 0.15) is 11.5 Å². The van der Waals surface area contributed by atoms with Crippen LogP contribution < -0.4 is 4.74 Å². The first-order valence-corrected chi connectivity index (χ1v) is 9.95. The molecule has 3 heterocycles. The SMILES string of the molecule is COC(=O)Cc1ccc(Oc2ccnc3cc(C(=O)N4CCC4)sc23)cc1Cl. The molecule has 144 valence electrons. The van der Waals surface area contributed by atoms with E-state index in [0.29, 0.717) is 27.0 Å². The Morgan fingerprint density at radius 1 is 1.25 bits per heavy atom. The van der Waals surface area contributed by atoms with E-state index in [2.05, 4.69) is 9.72 Å². The first-order chi connectivity index (χ1) is 13.5. The lowest BCUT2D eigenvalue weighted by molar-refractivity contribution is -0.139. The van der Waals surface area contributed by atoms with Crippen molar-refractivity contribution in [3.05, 3.63) is 52.0 Å². The third kappa shape index (κ3) is 3.68. The second-order valence-electron chi connectivity index (χ2n) is 6.39. The van der Waals surface area contributed by atoms with Crippen molar-refractivity contribution in [2.75, 3.05) is 20.2 Å². The number of benzene rings is 1. The average molecular weight is 417 g/mol. The van der Waals surface area contributed by atoms with E-state index in [1.165, 1.54) is 18.4 Å². The molecule has 1 fully saturated rings. The Balaban J connectivity index is 1.59. The third-order valence-corrected chi connectivity index (χ3v) is 6.02. The molecule has 1 aromatic carbocycles. The molecule has 6 nitrogen and oxygen atoms in total. The summed E-state index contributed by atoms with van der Waals surface area (Å²) in [7, 11) is 1.34. The smallest absolute Gasteiger partial charge is 0.310 e. The molecular weight excluding hydrogens is 400 g/mol. The van der Waals surface area contributed by atoms with Crippen LogP contribution in [0.15, 0.2) is 36.5 Å². The second-order valence-corrected chi connectivity index (χ2v) is 7.85. The van der Waals surface area contributed by atoms with E-state index < -0.39 is 0 Å². The summed E-state index contributed by atoms with van der Waals surface area (Å²) in [6, 6.07) is 8.70. The van der Waals surface area contributed by atoms with Gasteiger partial charge in [-0.05, 0) is 30.2 Å². The highest BCUT2D eigenvalue weighted by Crippen LogP contribution is 2.36. The zero-order chi connectivity index (χ0) is 19.7. The van der Waals surface area contributed by atoms with Gasteiger partial charge in [0.05, 0.1) is 28.6 Å². The maximum absolute atomic E-state index is 12.5. The molecule has 0 radical (unpaired) electrons. The van der Waals surface area contributed by atoms with E-state index in [0.717, 1.165) is 29.7 Å². The van der Waals surface area contributed by atoms with Gasteiger partial charge in [0, 0.05) is 30.4 Å². The molecule has 0 bridgehead atoms. The molecule has 0 atom stereocenters. The number of ether oxygens (including phenoxy) is 2. The first kappa shape index (κ1) is 18.7. The molecule has 0 saturated carbocycles. The molecule has 2 aromatic heterocycles. The highest BCUT2D eigenvalue weighted by Gasteiger charge is 2.24. The van der Waals surface area contributed by atoms with Crippen LogP contribution in [0.3, 0.4) is 0 Å². The zero-order valence-electron chi connectivity index (χ0n) is 15.1. The number of nitrogens with zero attached hydrogens (tertiary/aromatic N) is 2. The number of methoxy groups -OCH3 is 1. The summed E-state index contributed by atoms with van der Waals surface area (Å²) >= 11 is 7.64. The lowest BCUT2D eigenvalue weighted by Crippen LogP contribution is -2.41. The summed E-state index contributed by atoms with van der Waals surface area (Å²) in [6.45, 7) is 1.61. The van der Waals surface area contributed by atoms with E-state index in [9.17, 15) is 9.59 Å². The van der Waals surface area contributed by atoms with Crippen LogP contribution in [0.4, 0.5) is 0 Å². The van der Waals surface area contributed by atoms with Gasteiger partial charge in [-0.3, -0.25) is 14.6 Å². The Bertz CT molecular complexity index is 1060. The Kier molecular flexibility index (Phi) is 5.19. The Morgan fingerprint density at radius 2 is 2.07 bits per heavy atom. The molecule has 1 aliphatic rings. The van der Waals surface area contributed by atoms with Crippen molar-refractivity contribution in [2.45, 2.75) is 12.8 Å². The molecule has 1 saturated heterocycles. The predicted octanol–water partition coefficient (Wildman–Crippen LogP) is 4.30. The molecule has 3 aromatic rings. The van der Waals surface area contributed by atoms with E-state index in [4.69, 9.17) is 16.3 Å². The molecule has 1 amide bonds. The number of pyridine rings is 1. The summed E-state index contributed by atoms with van der Waals surface area (Å²) in [4.78, 5) is 30.7. The standard InChI is InChI=1S/C20H17ClN2O4S/c1-26-18(24)9-12-3-4-13(10-14(12)21)27-16-5-6-22-15-11-17(28-19(15)16)20(25)23-7-2-8-23/h3-6,10-11H,2,7-9H2,1H3. The number of carbonyl (C=O) groups is 2. The molecule has 0 spiro atoms. The number of aromatic nitrogens is 1. The highest BCUT2D eigenvalue weighted by molar-refractivity contribution is 7.21. The summed E-state index contributed by atoms with van der Waals surface area (Å²) in [5.74, 6) is 0.824. The monoisotopic (exact) mass is 416 g/mol. The van der Waals surface area contributed by atoms with Crippen LogP contribution in [0.1, 0.15) is 21.7 Å². The normalized spacial score (nSPS) is 13.3. The summed E-state index contributed by atoms with van der Waals surface area (Å²) < 4.78 is 11.5. The number of amides is 1. The van der Waals surface area contributed by atoms with E-state index in [1.54, 1.807) is 36.5 Å². The van der Waals surface area contributed by atoms with Gasteiger partial charge >= 0.3 is 5.97 Å². The van der Waals surface area contributed by atoms with E-state index in [-0.39, 0.29) is 18.3 Å². The van der Waals surface area contributed by atoms with Crippen molar-refractivity contribution in [3.63, 3.8) is 0 Å². The van der Waals surface area contributed by atoms with Crippen LogP contribution in [0.2, 0.25) is 5.02 Å². The maximum Gasteiger partial charge on any atom is 0.310 e. The van der Waals surface area contributed by atoms with Crippen molar-refractivity contribution >= 4 is 45.0 Å². The average Bonchev–Trinajstić information content (AvgIpc) is 3.08. The van der Waals surface area contributed by atoms with Crippen LogP contribution in [-0.2, 0) is 16.0 Å². The predicted molar refractivity (Wildman–Crippen MR) is 107 cm³/mol. The highest BCUT2D eigenvalue weighted by atomic mass is 35.5. The Labute approximate surface area is 170 Å². The van der Waals surface area contributed by atoms with Gasteiger partial charge in [0.25, 0.3) is 5.91 Å². The van der Waals surface area contributed by atoms with Gasteiger partial charge in [-0.1, -0.05) is 17.7 Å². The minimum absolute atomic E-state index is 0.0374. The van der Waals surface area contributed by atoms with Gasteiger partial charge in [-0.15, -0.1) is 11.3 Å². The van der Waals surface area contributed by atoms with Gasteiger partial charge in [-0.2, -0.15) is 0 Å². The number of rotatable bonds is 5. The number of hydrogen-bond acceptors (Lipinski definition) is 6. The second kappa shape index (κ2) is 7.77. The first-order valence-electron chi connectivity index (χ1n) is 8.76. The number of fused-ring (bicyclic) bond motifs is 1. The zero-order valence-corrected chi connectivity index (χ0v) is 16.7. The lowest BCUT2D eigenvalue weighted by atomic mass is 10.1. The fourth-order valence-electron chi connectivity index (χ4n) is 2.87. The maximum atomic E-state index is 12.5. The molecule has 28 heavy (non-hydrogen) atoms. The number of esters is 1. The lowest BCUT2D eigenvalue weighted by Gasteiger charge is -2.30. The topological polar surface area (TPSA) is 68.7 Å². The molecular formula is C20H17ClN2O4S.